The Morgan fingerprint density at radius 2 is 1.96 bits per heavy atom. The second-order valence-corrected chi connectivity index (χ2v) is 7.94. The maximum atomic E-state index is 13.1. The number of nitrogens with zero attached hydrogens (tertiary/aromatic N) is 1. The van der Waals surface area contributed by atoms with E-state index < -0.39 is 5.54 Å². The molecule has 1 aromatic carbocycles. The van der Waals surface area contributed by atoms with Crippen molar-refractivity contribution in [2.24, 2.45) is 0 Å². The molecule has 4 rings (SSSR count). The molecule has 1 unspecified atom stereocenters. The minimum absolute atomic E-state index is 0.0683. The number of carbonyl (C=O) groups excluding carboxylic acids is 2. The van der Waals surface area contributed by atoms with Crippen molar-refractivity contribution in [1.82, 2.24) is 10.3 Å². The Balaban J connectivity index is 1.75. The first-order chi connectivity index (χ1) is 13.4. The normalized spacial score (nSPS) is 19.4. The third-order valence-electron chi connectivity index (χ3n) is 4.43. The predicted molar refractivity (Wildman–Crippen MR) is 103 cm³/mol. The van der Waals surface area contributed by atoms with Gasteiger partial charge in [0.2, 0.25) is 11.8 Å². The Bertz CT molecular complexity index is 1040. The van der Waals surface area contributed by atoms with Gasteiger partial charge in [-0.15, -0.1) is 11.3 Å². The van der Waals surface area contributed by atoms with E-state index in [1.54, 1.807) is 29.6 Å². The van der Waals surface area contributed by atoms with Crippen molar-refractivity contribution in [2.75, 3.05) is 0 Å². The largest absolute Gasteiger partial charge is 0.439 e. The van der Waals surface area contributed by atoms with E-state index in [1.165, 1.54) is 35.6 Å². The Morgan fingerprint density at radius 1 is 1.18 bits per heavy atom. The molecule has 2 aromatic heterocycles. The van der Waals surface area contributed by atoms with Crippen LogP contribution in [0.3, 0.4) is 0 Å². The smallest absolute Gasteiger partial charge is 0.228 e. The zero-order valence-corrected chi connectivity index (χ0v) is 16.0. The van der Waals surface area contributed by atoms with E-state index in [2.05, 4.69) is 10.3 Å². The lowest BCUT2D eigenvalue weighted by Crippen LogP contribution is -2.53. The molecule has 8 heteroatoms. The number of rotatable bonds is 4. The minimum Gasteiger partial charge on any atom is -0.439 e. The zero-order valence-electron chi connectivity index (χ0n) is 14.4. The molecule has 1 fully saturated rings. The van der Waals surface area contributed by atoms with Crippen molar-refractivity contribution >= 4 is 34.6 Å². The maximum absolute atomic E-state index is 13.1. The molecule has 0 bridgehead atoms. The number of hydrogen-bond donors (Lipinski definition) is 1. The van der Waals surface area contributed by atoms with Gasteiger partial charge in [-0.05, 0) is 47.3 Å². The molecule has 1 amide bonds. The maximum Gasteiger partial charge on any atom is 0.228 e. The molecule has 0 saturated carbocycles. The van der Waals surface area contributed by atoms with Gasteiger partial charge in [0.15, 0.2) is 0 Å². The van der Waals surface area contributed by atoms with E-state index in [-0.39, 0.29) is 36.2 Å². The number of pyridine rings is 1. The molecule has 5 nitrogen and oxygen atoms in total. The highest BCUT2D eigenvalue weighted by Crippen LogP contribution is 2.39. The van der Waals surface area contributed by atoms with Gasteiger partial charge in [-0.2, -0.15) is 0 Å². The van der Waals surface area contributed by atoms with Crippen molar-refractivity contribution in [2.45, 2.75) is 18.4 Å². The minimum atomic E-state index is -1.11. The standard InChI is InChI=1S/C20H14ClFN2O3S/c21-17-8-12(11-28-17)20(10-14(25)9-18(26)24-20)16-2-1-3-19(23-16)27-15-6-4-13(22)5-7-15/h1-8,11H,9-10H2,(H,24,26). The van der Waals surface area contributed by atoms with Crippen LogP contribution in [0.1, 0.15) is 24.1 Å². The summed E-state index contributed by atoms with van der Waals surface area (Å²) in [7, 11) is 0. The second-order valence-electron chi connectivity index (χ2n) is 6.40. The van der Waals surface area contributed by atoms with E-state index in [9.17, 15) is 14.0 Å². The van der Waals surface area contributed by atoms with Crippen LogP contribution in [0, 0.1) is 5.82 Å². The quantitative estimate of drug-likeness (QED) is 0.638. The molecule has 0 aliphatic carbocycles. The molecule has 1 N–H and O–H groups in total. The molecule has 0 spiro atoms. The summed E-state index contributed by atoms with van der Waals surface area (Å²) >= 11 is 7.41. The summed E-state index contributed by atoms with van der Waals surface area (Å²) in [6.07, 6.45) is -0.0931. The topological polar surface area (TPSA) is 68.3 Å². The predicted octanol–water partition coefficient (Wildman–Crippen LogP) is 4.45. The van der Waals surface area contributed by atoms with Gasteiger partial charge in [0.25, 0.3) is 0 Å². The summed E-state index contributed by atoms with van der Waals surface area (Å²) in [6, 6.07) is 12.4. The lowest BCUT2D eigenvalue weighted by Gasteiger charge is -2.36. The average Bonchev–Trinajstić information content (AvgIpc) is 3.10. The first-order valence-electron chi connectivity index (χ1n) is 8.43. The van der Waals surface area contributed by atoms with E-state index in [1.807, 2.05) is 0 Å². The monoisotopic (exact) mass is 416 g/mol. The number of nitrogens with one attached hydrogen (secondary N) is 1. The van der Waals surface area contributed by atoms with E-state index in [0.717, 1.165) is 0 Å². The number of aromatic nitrogens is 1. The number of ketones is 1. The van der Waals surface area contributed by atoms with Gasteiger partial charge in [-0.1, -0.05) is 17.7 Å². The molecule has 1 atom stereocenters. The van der Waals surface area contributed by atoms with Crippen LogP contribution in [0.5, 0.6) is 11.6 Å². The van der Waals surface area contributed by atoms with Crippen LogP contribution < -0.4 is 10.1 Å². The summed E-state index contributed by atoms with van der Waals surface area (Å²) in [5, 5.41) is 4.73. The van der Waals surface area contributed by atoms with Crippen molar-refractivity contribution in [3.8, 4) is 11.6 Å². The SMILES string of the molecule is O=C1CC(=O)NC(c2csc(Cl)c2)(c2cccc(Oc3ccc(F)cc3)n2)C1. The molecule has 1 saturated heterocycles. The fourth-order valence-corrected chi connectivity index (χ4v) is 4.16. The summed E-state index contributed by atoms with van der Waals surface area (Å²) in [6.45, 7) is 0. The fourth-order valence-electron chi connectivity index (χ4n) is 3.21. The highest BCUT2D eigenvalue weighted by molar-refractivity contribution is 7.14. The number of halogens is 2. The van der Waals surface area contributed by atoms with Crippen molar-refractivity contribution in [1.29, 1.82) is 0 Å². The van der Waals surface area contributed by atoms with Crippen LogP contribution in [0.25, 0.3) is 0 Å². The number of Topliss-reactive ketones (excluding diaryl/α,β-unsaturated/α-hetero) is 1. The number of carbonyl (C=O) groups is 2. The first-order valence-corrected chi connectivity index (χ1v) is 9.68. The van der Waals surface area contributed by atoms with Crippen LogP contribution in [-0.2, 0) is 15.1 Å². The zero-order chi connectivity index (χ0) is 19.7. The Morgan fingerprint density at radius 3 is 2.64 bits per heavy atom. The van der Waals surface area contributed by atoms with Gasteiger partial charge >= 0.3 is 0 Å². The molecular weight excluding hydrogens is 403 g/mol. The second kappa shape index (κ2) is 7.33. The van der Waals surface area contributed by atoms with Crippen molar-refractivity contribution in [3.05, 3.63) is 75.3 Å². The molecule has 142 valence electrons. The highest BCUT2D eigenvalue weighted by Gasteiger charge is 2.44. The third-order valence-corrected chi connectivity index (χ3v) is 5.52. The lowest BCUT2D eigenvalue weighted by atomic mass is 9.80. The molecule has 1 aliphatic rings. The molecule has 28 heavy (non-hydrogen) atoms. The van der Waals surface area contributed by atoms with Crippen LogP contribution in [-0.4, -0.2) is 16.7 Å². The first kappa shape index (κ1) is 18.6. The van der Waals surface area contributed by atoms with Crippen LogP contribution in [0.4, 0.5) is 4.39 Å². The number of hydrogen-bond acceptors (Lipinski definition) is 5. The number of thiophene rings is 1. The summed E-state index contributed by atoms with van der Waals surface area (Å²) in [4.78, 5) is 29.0. The van der Waals surface area contributed by atoms with E-state index in [4.69, 9.17) is 16.3 Å². The number of piperidine rings is 1. The Hall–Kier alpha value is -2.77. The molecule has 3 aromatic rings. The lowest BCUT2D eigenvalue weighted by molar-refractivity contribution is -0.133. The van der Waals surface area contributed by atoms with Crippen molar-refractivity contribution in [3.63, 3.8) is 0 Å². The van der Waals surface area contributed by atoms with Crippen LogP contribution >= 0.6 is 22.9 Å². The van der Waals surface area contributed by atoms with Gasteiger partial charge in [-0.25, -0.2) is 9.37 Å². The van der Waals surface area contributed by atoms with Gasteiger partial charge < -0.3 is 10.1 Å². The Kier molecular flexibility index (Phi) is 4.87. The van der Waals surface area contributed by atoms with E-state index >= 15 is 0 Å². The van der Waals surface area contributed by atoms with Gasteiger partial charge in [-0.3, -0.25) is 9.59 Å². The van der Waals surface area contributed by atoms with Crippen molar-refractivity contribution < 1.29 is 18.7 Å². The number of amides is 1. The molecular formula is C20H14ClFN2O3S. The van der Waals surface area contributed by atoms with Crippen LogP contribution in [0.2, 0.25) is 4.34 Å². The van der Waals surface area contributed by atoms with Gasteiger partial charge in [0, 0.05) is 12.5 Å². The number of benzene rings is 1. The molecule has 3 heterocycles. The fraction of sp³-hybridized carbons (Fsp3) is 0.150. The van der Waals surface area contributed by atoms with Gasteiger partial charge in [0.05, 0.1) is 16.5 Å². The summed E-state index contributed by atoms with van der Waals surface area (Å²) in [5.41, 5.74) is 0.0383. The molecule has 0 radical (unpaired) electrons. The van der Waals surface area contributed by atoms with Gasteiger partial charge in [0.1, 0.15) is 22.9 Å². The molecule has 1 aliphatic heterocycles. The summed E-state index contributed by atoms with van der Waals surface area (Å²) < 4.78 is 19.3. The number of ether oxygens (including phenoxy) is 1. The van der Waals surface area contributed by atoms with Crippen LogP contribution in [0.15, 0.2) is 53.9 Å². The summed E-state index contributed by atoms with van der Waals surface area (Å²) in [5.74, 6) is -0.242. The average molecular weight is 417 g/mol. The third kappa shape index (κ3) is 3.63. The highest BCUT2D eigenvalue weighted by atomic mass is 35.5. The van der Waals surface area contributed by atoms with E-state index in [0.29, 0.717) is 21.3 Å². The Labute approximate surface area is 169 Å².